The number of hydrogen-bond acceptors (Lipinski definition) is 5. The van der Waals surface area contributed by atoms with Crippen LogP contribution in [-0.4, -0.2) is 36.6 Å². The summed E-state index contributed by atoms with van der Waals surface area (Å²) in [6, 6.07) is 7.01. The molecule has 112 valence electrons. The first-order valence-electron chi connectivity index (χ1n) is 6.54. The van der Waals surface area contributed by atoms with Crippen LogP contribution in [0.1, 0.15) is 22.0 Å². The Morgan fingerprint density at radius 2 is 2.19 bits per heavy atom. The molecule has 0 aliphatic rings. The van der Waals surface area contributed by atoms with Crippen molar-refractivity contribution in [2.45, 2.75) is 6.10 Å². The van der Waals surface area contributed by atoms with Crippen LogP contribution in [0.4, 0.5) is 11.4 Å². The van der Waals surface area contributed by atoms with E-state index in [1.54, 1.807) is 43.6 Å². The van der Waals surface area contributed by atoms with Crippen molar-refractivity contribution in [3.63, 3.8) is 0 Å². The van der Waals surface area contributed by atoms with E-state index in [2.05, 4.69) is 5.32 Å². The molecule has 0 aliphatic heterocycles. The molecule has 0 fully saturated rings. The Kier molecular flexibility index (Phi) is 4.82. The van der Waals surface area contributed by atoms with Gasteiger partial charge in [0.2, 0.25) is 0 Å². The smallest absolute Gasteiger partial charge is 0.253 e. The van der Waals surface area contributed by atoms with Gasteiger partial charge in [0, 0.05) is 26.2 Å². The molecule has 4 N–H and O–H groups in total. The SMILES string of the molecule is CN(C)C(=O)c1ccc(NCC(O)c2ccsc2)c(N)c1. The quantitative estimate of drug-likeness (QED) is 0.740. The van der Waals surface area contributed by atoms with E-state index in [4.69, 9.17) is 5.73 Å². The molecule has 0 saturated heterocycles. The number of carbonyl (C=O) groups excluding carboxylic acids is 1. The van der Waals surface area contributed by atoms with Gasteiger partial charge in [-0.1, -0.05) is 0 Å². The number of aliphatic hydroxyl groups is 1. The molecule has 1 unspecified atom stereocenters. The van der Waals surface area contributed by atoms with Crippen LogP contribution < -0.4 is 11.1 Å². The summed E-state index contributed by atoms with van der Waals surface area (Å²) in [4.78, 5) is 13.3. The number of nitrogens with zero attached hydrogens (tertiary/aromatic N) is 1. The Morgan fingerprint density at radius 3 is 2.76 bits per heavy atom. The van der Waals surface area contributed by atoms with Crippen molar-refractivity contribution in [3.05, 3.63) is 46.2 Å². The van der Waals surface area contributed by atoms with Crippen molar-refractivity contribution in [2.24, 2.45) is 0 Å². The van der Waals surface area contributed by atoms with E-state index < -0.39 is 6.10 Å². The van der Waals surface area contributed by atoms with E-state index in [1.807, 2.05) is 16.8 Å². The number of anilines is 2. The zero-order chi connectivity index (χ0) is 15.4. The van der Waals surface area contributed by atoms with Crippen molar-refractivity contribution in [1.29, 1.82) is 0 Å². The lowest BCUT2D eigenvalue weighted by atomic mass is 10.1. The van der Waals surface area contributed by atoms with Gasteiger partial charge in [-0.25, -0.2) is 0 Å². The minimum absolute atomic E-state index is 0.0912. The summed E-state index contributed by atoms with van der Waals surface area (Å²) in [7, 11) is 3.39. The van der Waals surface area contributed by atoms with Gasteiger partial charge in [-0.3, -0.25) is 4.79 Å². The molecule has 0 bridgehead atoms. The summed E-state index contributed by atoms with van der Waals surface area (Å²) in [5, 5.41) is 17.0. The molecule has 0 spiro atoms. The third kappa shape index (κ3) is 3.74. The minimum Gasteiger partial charge on any atom is -0.397 e. The maximum absolute atomic E-state index is 11.8. The summed E-state index contributed by atoms with van der Waals surface area (Å²) in [5.74, 6) is -0.0912. The van der Waals surface area contributed by atoms with Crippen LogP contribution in [0.25, 0.3) is 0 Å². The minimum atomic E-state index is -0.585. The molecule has 6 heteroatoms. The van der Waals surface area contributed by atoms with Crippen molar-refractivity contribution in [1.82, 2.24) is 4.90 Å². The third-order valence-electron chi connectivity index (χ3n) is 3.12. The van der Waals surface area contributed by atoms with Crippen LogP contribution in [0, 0.1) is 0 Å². The van der Waals surface area contributed by atoms with Gasteiger partial charge in [0.05, 0.1) is 17.5 Å². The number of aliphatic hydroxyl groups excluding tert-OH is 1. The highest BCUT2D eigenvalue weighted by Gasteiger charge is 2.11. The van der Waals surface area contributed by atoms with Crippen LogP contribution in [-0.2, 0) is 0 Å². The van der Waals surface area contributed by atoms with E-state index in [1.165, 1.54) is 4.90 Å². The number of nitrogens with two attached hydrogens (primary N) is 1. The standard InChI is InChI=1S/C15H19N3O2S/c1-18(2)15(20)10-3-4-13(12(16)7-10)17-8-14(19)11-5-6-21-9-11/h3-7,9,14,17,19H,8,16H2,1-2H3. The average Bonchev–Trinajstić information content (AvgIpc) is 2.99. The summed E-state index contributed by atoms with van der Waals surface area (Å²) >= 11 is 1.55. The fraction of sp³-hybridized carbons (Fsp3) is 0.267. The van der Waals surface area contributed by atoms with E-state index in [9.17, 15) is 9.90 Å². The van der Waals surface area contributed by atoms with Crippen LogP contribution in [0.5, 0.6) is 0 Å². The number of rotatable bonds is 5. The highest BCUT2D eigenvalue weighted by molar-refractivity contribution is 7.07. The topological polar surface area (TPSA) is 78.6 Å². The van der Waals surface area contributed by atoms with Gasteiger partial charge in [-0.15, -0.1) is 0 Å². The van der Waals surface area contributed by atoms with Gasteiger partial charge in [0.15, 0.2) is 0 Å². The number of carbonyl (C=O) groups is 1. The molecule has 0 radical (unpaired) electrons. The van der Waals surface area contributed by atoms with Crippen LogP contribution >= 0.6 is 11.3 Å². The first-order valence-corrected chi connectivity index (χ1v) is 7.48. The van der Waals surface area contributed by atoms with Gasteiger partial charge in [-0.2, -0.15) is 11.3 Å². The van der Waals surface area contributed by atoms with Crippen LogP contribution in [0.15, 0.2) is 35.0 Å². The predicted octanol–water partition coefficient (Wildman–Crippen LogP) is 2.18. The van der Waals surface area contributed by atoms with Crippen LogP contribution in [0.3, 0.4) is 0 Å². The first-order chi connectivity index (χ1) is 9.99. The Bertz CT molecular complexity index is 611. The van der Waals surface area contributed by atoms with Gasteiger partial charge in [0.1, 0.15) is 0 Å². The fourth-order valence-corrected chi connectivity index (χ4v) is 2.61. The number of nitrogens with one attached hydrogen (secondary N) is 1. The molecule has 2 aromatic rings. The van der Waals surface area contributed by atoms with Crippen molar-refractivity contribution in [3.8, 4) is 0 Å². The van der Waals surface area contributed by atoms with Gasteiger partial charge in [0.25, 0.3) is 5.91 Å². The zero-order valence-electron chi connectivity index (χ0n) is 12.0. The number of amides is 1. The predicted molar refractivity (Wildman–Crippen MR) is 86.6 cm³/mol. The largest absolute Gasteiger partial charge is 0.397 e. The lowest BCUT2D eigenvalue weighted by Gasteiger charge is -2.15. The average molecular weight is 305 g/mol. The third-order valence-corrected chi connectivity index (χ3v) is 3.82. The summed E-state index contributed by atoms with van der Waals surface area (Å²) in [6.45, 7) is 0.363. The first kappa shape index (κ1) is 15.3. The Labute approximate surface area is 128 Å². The molecule has 1 aromatic heterocycles. The highest BCUT2D eigenvalue weighted by atomic mass is 32.1. The molecular weight excluding hydrogens is 286 g/mol. The lowest BCUT2D eigenvalue weighted by molar-refractivity contribution is 0.0827. The molecule has 1 amide bonds. The summed E-state index contributed by atoms with van der Waals surface area (Å²) < 4.78 is 0. The maximum Gasteiger partial charge on any atom is 0.253 e. The Hall–Kier alpha value is -2.05. The second-order valence-corrected chi connectivity index (χ2v) is 5.74. The molecule has 1 heterocycles. The van der Waals surface area contributed by atoms with E-state index in [0.717, 1.165) is 5.56 Å². The van der Waals surface area contributed by atoms with Gasteiger partial charge in [-0.05, 0) is 40.6 Å². The maximum atomic E-state index is 11.8. The fourth-order valence-electron chi connectivity index (χ4n) is 1.90. The number of nitrogen functional groups attached to an aromatic ring is 1. The second-order valence-electron chi connectivity index (χ2n) is 4.95. The van der Waals surface area contributed by atoms with Crippen molar-refractivity contribution in [2.75, 3.05) is 31.7 Å². The Morgan fingerprint density at radius 1 is 1.43 bits per heavy atom. The van der Waals surface area contributed by atoms with E-state index in [0.29, 0.717) is 23.5 Å². The van der Waals surface area contributed by atoms with E-state index >= 15 is 0 Å². The molecule has 0 aliphatic carbocycles. The molecular formula is C15H19N3O2S. The molecule has 0 saturated carbocycles. The van der Waals surface area contributed by atoms with Crippen molar-refractivity contribution >= 4 is 28.6 Å². The molecule has 5 nitrogen and oxygen atoms in total. The molecule has 1 aromatic carbocycles. The molecule has 1 atom stereocenters. The normalized spacial score (nSPS) is 12.0. The number of hydrogen-bond donors (Lipinski definition) is 3. The number of thiophene rings is 1. The number of benzene rings is 1. The monoisotopic (exact) mass is 305 g/mol. The van der Waals surface area contributed by atoms with Gasteiger partial charge < -0.3 is 21.1 Å². The lowest BCUT2D eigenvalue weighted by Crippen LogP contribution is -2.22. The zero-order valence-corrected chi connectivity index (χ0v) is 12.9. The van der Waals surface area contributed by atoms with Crippen molar-refractivity contribution < 1.29 is 9.90 Å². The molecule has 21 heavy (non-hydrogen) atoms. The van der Waals surface area contributed by atoms with Crippen LogP contribution in [0.2, 0.25) is 0 Å². The highest BCUT2D eigenvalue weighted by Crippen LogP contribution is 2.22. The summed E-state index contributed by atoms with van der Waals surface area (Å²) in [6.07, 6.45) is -0.585. The van der Waals surface area contributed by atoms with Gasteiger partial charge >= 0.3 is 0 Å². The van der Waals surface area contributed by atoms with E-state index in [-0.39, 0.29) is 5.91 Å². The summed E-state index contributed by atoms with van der Waals surface area (Å²) in [5.41, 5.74) is 8.57. The molecule has 2 rings (SSSR count). The Balaban J connectivity index is 2.03. The second kappa shape index (κ2) is 6.60.